The zero-order chi connectivity index (χ0) is 17.7. The maximum Gasteiger partial charge on any atom is 0.255 e. The Labute approximate surface area is 150 Å². The number of benzene rings is 2. The van der Waals surface area contributed by atoms with Gasteiger partial charge < -0.3 is 20.5 Å². The maximum atomic E-state index is 12.5. The number of hydrogen-bond donors (Lipinski definition) is 2. The fourth-order valence-corrected chi connectivity index (χ4v) is 2.66. The molecule has 0 spiro atoms. The van der Waals surface area contributed by atoms with Crippen LogP contribution in [-0.4, -0.2) is 19.1 Å². The zero-order valence-corrected chi connectivity index (χ0v) is 14.9. The van der Waals surface area contributed by atoms with Crippen molar-refractivity contribution in [2.24, 2.45) is 0 Å². The van der Waals surface area contributed by atoms with Gasteiger partial charge in [0, 0.05) is 10.6 Å². The number of carbonyl (C=O) groups excluding carboxylic acids is 1. The quantitative estimate of drug-likeness (QED) is 0.729. The molecule has 3 N–H and O–H groups in total. The summed E-state index contributed by atoms with van der Waals surface area (Å²) in [6.45, 7) is 4.70. The lowest BCUT2D eigenvalue weighted by Gasteiger charge is -2.14. The van der Waals surface area contributed by atoms with Gasteiger partial charge in [-0.2, -0.15) is 0 Å². The van der Waals surface area contributed by atoms with E-state index < -0.39 is 0 Å². The predicted octanol–water partition coefficient (Wildman–Crippen LogP) is 4.63. The van der Waals surface area contributed by atoms with Crippen LogP contribution in [0, 0.1) is 0 Å². The van der Waals surface area contributed by atoms with Crippen molar-refractivity contribution in [3.05, 3.63) is 45.9 Å². The van der Waals surface area contributed by atoms with Crippen LogP contribution in [0.2, 0.25) is 10.0 Å². The Hall–Kier alpha value is -2.11. The standard InChI is InChI=1S/C17H18Cl2N2O3/c1-3-23-14-6-5-10(7-15(14)24-4-2)17(22)21-16-12(19)8-11(18)9-13(16)20/h5-9H,3-4,20H2,1-2H3,(H,21,22). The molecular weight excluding hydrogens is 351 g/mol. The summed E-state index contributed by atoms with van der Waals surface area (Å²) in [5, 5.41) is 3.36. The van der Waals surface area contributed by atoms with Crippen molar-refractivity contribution in [1.29, 1.82) is 0 Å². The molecule has 0 radical (unpaired) electrons. The van der Waals surface area contributed by atoms with Gasteiger partial charge in [0.15, 0.2) is 11.5 Å². The minimum atomic E-state index is -0.366. The van der Waals surface area contributed by atoms with Gasteiger partial charge in [0.25, 0.3) is 5.91 Å². The van der Waals surface area contributed by atoms with Crippen molar-refractivity contribution in [3.8, 4) is 11.5 Å². The number of nitrogen functional groups attached to an aromatic ring is 1. The summed E-state index contributed by atoms with van der Waals surface area (Å²) in [6.07, 6.45) is 0. The van der Waals surface area contributed by atoms with Gasteiger partial charge in [0.05, 0.1) is 29.6 Å². The third kappa shape index (κ3) is 4.24. The Kier molecular flexibility index (Phi) is 6.17. The molecule has 5 nitrogen and oxygen atoms in total. The molecule has 24 heavy (non-hydrogen) atoms. The molecule has 0 aliphatic heterocycles. The molecule has 0 saturated carbocycles. The number of carbonyl (C=O) groups is 1. The van der Waals surface area contributed by atoms with E-state index in [1.165, 1.54) is 12.1 Å². The van der Waals surface area contributed by atoms with Crippen molar-refractivity contribution < 1.29 is 14.3 Å². The van der Waals surface area contributed by atoms with Crippen LogP contribution in [0.4, 0.5) is 11.4 Å². The average Bonchev–Trinajstić information content (AvgIpc) is 2.52. The molecule has 1 amide bonds. The molecule has 7 heteroatoms. The summed E-state index contributed by atoms with van der Waals surface area (Å²) in [7, 11) is 0. The number of hydrogen-bond acceptors (Lipinski definition) is 4. The number of nitrogens with one attached hydrogen (secondary N) is 1. The van der Waals surface area contributed by atoms with Gasteiger partial charge in [-0.25, -0.2) is 0 Å². The molecule has 0 bridgehead atoms. The summed E-state index contributed by atoms with van der Waals surface area (Å²) < 4.78 is 11.0. The molecule has 128 valence electrons. The van der Waals surface area contributed by atoms with Gasteiger partial charge in [-0.1, -0.05) is 23.2 Å². The Balaban J connectivity index is 2.28. The SMILES string of the molecule is CCOc1ccc(C(=O)Nc2c(N)cc(Cl)cc2Cl)cc1OCC. The van der Waals surface area contributed by atoms with E-state index in [0.29, 0.717) is 41.0 Å². The molecule has 0 atom stereocenters. The molecule has 0 saturated heterocycles. The number of nitrogens with two attached hydrogens (primary N) is 1. The summed E-state index contributed by atoms with van der Waals surface area (Å²) in [5.74, 6) is 0.719. The van der Waals surface area contributed by atoms with E-state index in [1.807, 2.05) is 13.8 Å². The van der Waals surface area contributed by atoms with Crippen molar-refractivity contribution in [2.45, 2.75) is 13.8 Å². The van der Waals surface area contributed by atoms with Crippen LogP contribution in [-0.2, 0) is 0 Å². The third-order valence-electron chi connectivity index (χ3n) is 3.13. The number of rotatable bonds is 6. The Morgan fingerprint density at radius 1 is 1.08 bits per heavy atom. The maximum absolute atomic E-state index is 12.5. The molecule has 0 fully saturated rings. The first kappa shape index (κ1) is 18.2. The predicted molar refractivity (Wildman–Crippen MR) is 97.6 cm³/mol. The fourth-order valence-electron chi connectivity index (χ4n) is 2.10. The highest BCUT2D eigenvalue weighted by Crippen LogP contribution is 2.33. The normalized spacial score (nSPS) is 10.3. The lowest BCUT2D eigenvalue weighted by atomic mass is 10.1. The van der Waals surface area contributed by atoms with Crippen molar-refractivity contribution >= 4 is 40.5 Å². The second-order valence-corrected chi connectivity index (χ2v) is 5.68. The van der Waals surface area contributed by atoms with Crippen molar-refractivity contribution in [1.82, 2.24) is 0 Å². The Morgan fingerprint density at radius 3 is 2.38 bits per heavy atom. The van der Waals surface area contributed by atoms with Crippen LogP contribution < -0.4 is 20.5 Å². The van der Waals surface area contributed by atoms with Gasteiger partial charge in [-0.3, -0.25) is 4.79 Å². The minimum Gasteiger partial charge on any atom is -0.490 e. The Bertz CT molecular complexity index is 728. The molecule has 2 aromatic rings. The molecule has 0 aliphatic carbocycles. The van der Waals surface area contributed by atoms with Gasteiger partial charge in [-0.15, -0.1) is 0 Å². The number of ether oxygens (including phenoxy) is 2. The molecule has 0 aromatic heterocycles. The van der Waals surface area contributed by atoms with Crippen LogP contribution in [0.1, 0.15) is 24.2 Å². The van der Waals surface area contributed by atoms with Gasteiger partial charge in [0.2, 0.25) is 0 Å². The molecule has 0 heterocycles. The molecule has 0 aliphatic rings. The van der Waals surface area contributed by atoms with Crippen molar-refractivity contribution in [2.75, 3.05) is 24.3 Å². The minimum absolute atomic E-state index is 0.268. The molecule has 2 rings (SSSR count). The van der Waals surface area contributed by atoms with Crippen LogP contribution in [0.15, 0.2) is 30.3 Å². The first-order chi connectivity index (χ1) is 11.5. The fraction of sp³-hybridized carbons (Fsp3) is 0.235. The molecule has 2 aromatic carbocycles. The van der Waals surface area contributed by atoms with E-state index in [-0.39, 0.29) is 16.6 Å². The second-order valence-electron chi connectivity index (χ2n) is 4.83. The van der Waals surface area contributed by atoms with Crippen molar-refractivity contribution in [3.63, 3.8) is 0 Å². The van der Waals surface area contributed by atoms with Crippen LogP contribution >= 0.6 is 23.2 Å². The van der Waals surface area contributed by atoms with E-state index in [4.69, 9.17) is 38.4 Å². The summed E-state index contributed by atoms with van der Waals surface area (Å²) in [5.41, 5.74) is 6.86. The Morgan fingerprint density at radius 2 is 1.75 bits per heavy atom. The highest BCUT2D eigenvalue weighted by atomic mass is 35.5. The van der Waals surface area contributed by atoms with Gasteiger partial charge in [0.1, 0.15) is 0 Å². The lowest BCUT2D eigenvalue weighted by Crippen LogP contribution is -2.14. The first-order valence-corrected chi connectivity index (χ1v) is 8.17. The topological polar surface area (TPSA) is 73.6 Å². The molecule has 0 unspecified atom stereocenters. The van der Waals surface area contributed by atoms with Gasteiger partial charge in [-0.05, 0) is 44.2 Å². The summed E-state index contributed by atoms with van der Waals surface area (Å²) in [4.78, 5) is 12.5. The summed E-state index contributed by atoms with van der Waals surface area (Å²) >= 11 is 12.0. The van der Waals surface area contributed by atoms with E-state index in [9.17, 15) is 4.79 Å². The van der Waals surface area contributed by atoms with Crippen LogP contribution in [0.25, 0.3) is 0 Å². The smallest absolute Gasteiger partial charge is 0.255 e. The van der Waals surface area contributed by atoms with E-state index in [0.717, 1.165) is 0 Å². The summed E-state index contributed by atoms with van der Waals surface area (Å²) in [6, 6.07) is 7.98. The highest BCUT2D eigenvalue weighted by Gasteiger charge is 2.15. The van der Waals surface area contributed by atoms with Crippen LogP contribution in [0.5, 0.6) is 11.5 Å². The highest BCUT2D eigenvalue weighted by molar-refractivity contribution is 6.37. The monoisotopic (exact) mass is 368 g/mol. The lowest BCUT2D eigenvalue weighted by molar-refractivity contribution is 0.102. The second kappa shape index (κ2) is 8.13. The largest absolute Gasteiger partial charge is 0.490 e. The average molecular weight is 369 g/mol. The van der Waals surface area contributed by atoms with E-state index in [2.05, 4.69) is 5.32 Å². The van der Waals surface area contributed by atoms with E-state index in [1.54, 1.807) is 18.2 Å². The third-order valence-corrected chi connectivity index (χ3v) is 3.65. The number of anilines is 2. The first-order valence-electron chi connectivity index (χ1n) is 7.41. The van der Waals surface area contributed by atoms with Gasteiger partial charge >= 0.3 is 0 Å². The zero-order valence-electron chi connectivity index (χ0n) is 13.4. The molecular formula is C17H18Cl2N2O3. The van der Waals surface area contributed by atoms with E-state index >= 15 is 0 Å². The number of halogens is 2. The van der Waals surface area contributed by atoms with Crippen LogP contribution in [0.3, 0.4) is 0 Å². The number of amides is 1.